The smallest absolute Gasteiger partial charge is 0.244 e. The molecule has 1 aromatic heterocycles. The van der Waals surface area contributed by atoms with Crippen molar-refractivity contribution in [2.75, 3.05) is 18.9 Å². The van der Waals surface area contributed by atoms with E-state index in [0.717, 1.165) is 18.8 Å². The molecule has 18 heavy (non-hydrogen) atoms. The van der Waals surface area contributed by atoms with Crippen molar-refractivity contribution in [2.24, 2.45) is 5.92 Å². The van der Waals surface area contributed by atoms with Gasteiger partial charge in [-0.1, -0.05) is 26.2 Å². The van der Waals surface area contributed by atoms with Crippen molar-refractivity contribution in [1.82, 2.24) is 9.97 Å². The van der Waals surface area contributed by atoms with E-state index in [-0.39, 0.29) is 0 Å². The van der Waals surface area contributed by atoms with Crippen LogP contribution in [0.15, 0.2) is 6.33 Å². The molecule has 1 saturated carbocycles. The molecule has 1 aliphatic rings. The first kappa shape index (κ1) is 12.9. The van der Waals surface area contributed by atoms with E-state index in [1.54, 1.807) is 0 Å². The molecule has 1 heterocycles. The first-order chi connectivity index (χ1) is 8.81. The van der Waals surface area contributed by atoms with Crippen LogP contribution in [0.5, 0.6) is 11.8 Å². The molecule has 1 fully saturated rings. The number of nitrogens with zero attached hydrogens (tertiary/aromatic N) is 2. The van der Waals surface area contributed by atoms with Crippen LogP contribution >= 0.6 is 0 Å². The summed E-state index contributed by atoms with van der Waals surface area (Å²) in [6.45, 7) is 3.30. The Labute approximate surface area is 108 Å². The van der Waals surface area contributed by atoms with E-state index in [0.29, 0.717) is 30.7 Å². The van der Waals surface area contributed by atoms with Crippen LogP contribution in [-0.2, 0) is 0 Å². The van der Waals surface area contributed by atoms with Gasteiger partial charge in [-0.3, -0.25) is 0 Å². The molecular formula is C13H21N3O2. The third-order valence-corrected chi connectivity index (χ3v) is 3.24. The second-order valence-electron chi connectivity index (χ2n) is 4.68. The molecule has 5 heteroatoms. The van der Waals surface area contributed by atoms with Gasteiger partial charge in [0.1, 0.15) is 6.33 Å². The maximum atomic E-state index is 5.91. The topological polar surface area (TPSA) is 70.3 Å². The first-order valence-corrected chi connectivity index (χ1v) is 6.67. The van der Waals surface area contributed by atoms with Gasteiger partial charge in [0, 0.05) is 0 Å². The number of aromatic nitrogens is 2. The Morgan fingerprint density at radius 3 is 2.44 bits per heavy atom. The summed E-state index contributed by atoms with van der Waals surface area (Å²) in [7, 11) is 0. The van der Waals surface area contributed by atoms with Gasteiger partial charge >= 0.3 is 0 Å². The van der Waals surface area contributed by atoms with E-state index in [9.17, 15) is 0 Å². The fraction of sp³-hybridized carbons (Fsp3) is 0.692. The summed E-state index contributed by atoms with van der Waals surface area (Å²) in [6.07, 6.45) is 7.44. The van der Waals surface area contributed by atoms with Crippen LogP contribution < -0.4 is 15.2 Å². The van der Waals surface area contributed by atoms with Gasteiger partial charge in [0.15, 0.2) is 5.69 Å². The molecule has 0 atom stereocenters. The number of rotatable bonds is 7. The van der Waals surface area contributed by atoms with Gasteiger partial charge in [-0.15, -0.1) is 0 Å². The minimum absolute atomic E-state index is 0.402. The van der Waals surface area contributed by atoms with E-state index in [4.69, 9.17) is 15.2 Å². The van der Waals surface area contributed by atoms with Crippen LogP contribution in [0.4, 0.5) is 5.69 Å². The van der Waals surface area contributed by atoms with Crippen molar-refractivity contribution in [3.05, 3.63) is 6.33 Å². The van der Waals surface area contributed by atoms with Gasteiger partial charge < -0.3 is 15.2 Å². The van der Waals surface area contributed by atoms with Crippen molar-refractivity contribution in [3.8, 4) is 11.8 Å². The zero-order chi connectivity index (χ0) is 12.8. The largest absolute Gasteiger partial charge is 0.476 e. The number of ether oxygens (including phenoxy) is 2. The molecule has 0 bridgehead atoms. The van der Waals surface area contributed by atoms with Crippen LogP contribution in [0.25, 0.3) is 0 Å². The molecular weight excluding hydrogens is 230 g/mol. The Balaban J connectivity index is 1.86. The molecule has 2 rings (SSSR count). The lowest BCUT2D eigenvalue weighted by atomic mass is 9.83. The summed E-state index contributed by atoms with van der Waals surface area (Å²) in [6, 6.07) is 0. The standard InChI is InChI=1S/C13H21N3O2/c1-2-7-17-12-11(14)13(16-9-15-12)18-8-6-10-4-3-5-10/h9-10H,2-8,14H2,1H3. The van der Waals surface area contributed by atoms with E-state index in [2.05, 4.69) is 9.97 Å². The fourth-order valence-electron chi connectivity index (χ4n) is 1.90. The normalized spacial score (nSPS) is 15.2. The highest BCUT2D eigenvalue weighted by Crippen LogP contribution is 2.30. The van der Waals surface area contributed by atoms with Crippen LogP contribution in [0.3, 0.4) is 0 Å². The third kappa shape index (κ3) is 3.24. The molecule has 0 spiro atoms. The number of anilines is 1. The quantitative estimate of drug-likeness (QED) is 0.805. The maximum Gasteiger partial charge on any atom is 0.244 e. The Morgan fingerprint density at radius 2 is 1.89 bits per heavy atom. The predicted molar refractivity (Wildman–Crippen MR) is 69.7 cm³/mol. The predicted octanol–water partition coefficient (Wildman–Crippen LogP) is 2.42. The third-order valence-electron chi connectivity index (χ3n) is 3.24. The molecule has 0 amide bonds. The minimum Gasteiger partial charge on any atom is -0.476 e. The number of nitrogen functional groups attached to an aromatic ring is 1. The maximum absolute atomic E-state index is 5.91. The van der Waals surface area contributed by atoms with Gasteiger partial charge in [-0.2, -0.15) is 9.97 Å². The van der Waals surface area contributed by atoms with Gasteiger partial charge in [0.25, 0.3) is 0 Å². The zero-order valence-corrected chi connectivity index (χ0v) is 10.9. The molecule has 0 saturated heterocycles. The number of nitrogens with two attached hydrogens (primary N) is 1. The Bertz CT molecular complexity index is 380. The summed E-state index contributed by atoms with van der Waals surface area (Å²) in [5.74, 6) is 1.68. The second kappa shape index (κ2) is 6.42. The summed E-state index contributed by atoms with van der Waals surface area (Å²) in [4.78, 5) is 8.06. The average molecular weight is 251 g/mol. The molecule has 0 aliphatic heterocycles. The van der Waals surface area contributed by atoms with Crippen molar-refractivity contribution in [2.45, 2.75) is 39.0 Å². The molecule has 5 nitrogen and oxygen atoms in total. The molecule has 2 N–H and O–H groups in total. The van der Waals surface area contributed by atoms with E-state index >= 15 is 0 Å². The lowest BCUT2D eigenvalue weighted by molar-refractivity contribution is 0.216. The lowest BCUT2D eigenvalue weighted by Crippen LogP contribution is -2.15. The zero-order valence-electron chi connectivity index (χ0n) is 10.9. The van der Waals surface area contributed by atoms with Crippen molar-refractivity contribution in [3.63, 3.8) is 0 Å². The van der Waals surface area contributed by atoms with Crippen LogP contribution in [-0.4, -0.2) is 23.2 Å². The summed E-state index contributed by atoms with van der Waals surface area (Å²) in [5.41, 5.74) is 6.31. The second-order valence-corrected chi connectivity index (χ2v) is 4.68. The Kier molecular flexibility index (Phi) is 4.61. The van der Waals surface area contributed by atoms with E-state index in [1.165, 1.54) is 25.6 Å². The molecule has 1 aromatic rings. The monoisotopic (exact) mass is 251 g/mol. The molecule has 1 aliphatic carbocycles. The number of hydrogen-bond donors (Lipinski definition) is 1. The molecule has 100 valence electrons. The first-order valence-electron chi connectivity index (χ1n) is 6.67. The Hall–Kier alpha value is -1.52. The number of hydrogen-bond acceptors (Lipinski definition) is 5. The molecule has 0 radical (unpaired) electrons. The van der Waals surface area contributed by atoms with Crippen LogP contribution in [0.1, 0.15) is 39.0 Å². The summed E-state index contributed by atoms with van der Waals surface area (Å²) < 4.78 is 11.0. The van der Waals surface area contributed by atoms with Crippen molar-refractivity contribution >= 4 is 5.69 Å². The van der Waals surface area contributed by atoms with Gasteiger partial charge in [-0.25, -0.2) is 0 Å². The van der Waals surface area contributed by atoms with E-state index in [1.807, 2.05) is 6.92 Å². The van der Waals surface area contributed by atoms with Crippen LogP contribution in [0.2, 0.25) is 0 Å². The SMILES string of the molecule is CCCOc1ncnc(OCCC2CCC2)c1N. The molecule has 0 aromatic carbocycles. The fourth-order valence-corrected chi connectivity index (χ4v) is 1.90. The minimum atomic E-state index is 0.402. The summed E-state index contributed by atoms with van der Waals surface area (Å²) in [5, 5.41) is 0. The van der Waals surface area contributed by atoms with Crippen LogP contribution in [0, 0.1) is 5.92 Å². The summed E-state index contributed by atoms with van der Waals surface area (Å²) >= 11 is 0. The van der Waals surface area contributed by atoms with E-state index < -0.39 is 0 Å². The van der Waals surface area contributed by atoms with Crippen molar-refractivity contribution in [1.29, 1.82) is 0 Å². The highest BCUT2D eigenvalue weighted by atomic mass is 16.5. The van der Waals surface area contributed by atoms with Gasteiger partial charge in [-0.05, 0) is 18.8 Å². The average Bonchev–Trinajstić information content (AvgIpc) is 2.32. The van der Waals surface area contributed by atoms with Gasteiger partial charge in [0.05, 0.1) is 13.2 Å². The molecule has 0 unspecified atom stereocenters. The van der Waals surface area contributed by atoms with Crippen molar-refractivity contribution < 1.29 is 9.47 Å². The lowest BCUT2D eigenvalue weighted by Gasteiger charge is -2.24. The highest BCUT2D eigenvalue weighted by molar-refractivity contribution is 5.55. The Morgan fingerprint density at radius 1 is 1.22 bits per heavy atom. The van der Waals surface area contributed by atoms with Gasteiger partial charge in [0.2, 0.25) is 11.8 Å². The highest BCUT2D eigenvalue weighted by Gasteiger charge is 2.17.